The Kier molecular flexibility index (Phi) is 38.3. The summed E-state index contributed by atoms with van der Waals surface area (Å²) in [5.74, 6) is -1.93. The van der Waals surface area contributed by atoms with Crippen molar-refractivity contribution < 1.29 is 33.8 Å². The summed E-state index contributed by atoms with van der Waals surface area (Å²) in [6.07, 6.45) is 37.7. The van der Waals surface area contributed by atoms with Crippen LogP contribution >= 0.6 is 0 Å². The van der Waals surface area contributed by atoms with Crippen molar-refractivity contribution in [2.75, 3.05) is 6.61 Å². The first kappa shape index (κ1) is 51.0. The number of rotatable bonds is 42. The third-order valence-corrected chi connectivity index (χ3v) is 10.5. The van der Waals surface area contributed by atoms with Gasteiger partial charge in [-0.3, -0.25) is 19.2 Å². The van der Waals surface area contributed by atoms with Crippen LogP contribution in [0, 0.1) is 0 Å². The third-order valence-electron chi connectivity index (χ3n) is 10.5. The second kappa shape index (κ2) is 39.7. The van der Waals surface area contributed by atoms with Crippen molar-refractivity contribution in [1.29, 1.82) is 0 Å². The van der Waals surface area contributed by atoms with Gasteiger partial charge in [0, 0.05) is 25.7 Å². The topological polar surface area (TPSA) is 133 Å². The zero-order chi connectivity index (χ0) is 39.0. The molecule has 2 unspecified atom stereocenters. The summed E-state index contributed by atoms with van der Waals surface area (Å²) < 4.78 is 11.2. The molecule has 8 nitrogen and oxygen atoms in total. The minimum atomic E-state index is -1.00. The monoisotopic (exact) mass is 752 g/mol. The Balaban J connectivity index is 4.22. The predicted molar refractivity (Wildman–Crippen MR) is 219 cm³/mol. The van der Waals surface area contributed by atoms with Gasteiger partial charge in [0.05, 0.1) is 6.04 Å². The fourth-order valence-corrected chi connectivity index (χ4v) is 6.89. The fraction of sp³-hybridized carbons (Fsp3) is 0.911. The maximum atomic E-state index is 12.7. The molecule has 53 heavy (non-hydrogen) atoms. The molecule has 0 aromatic carbocycles. The number of carboxylic acid groups (broad SMARTS) is 1. The summed E-state index contributed by atoms with van der Waals surface area (Å²) in [6, 6.07) is -0.879. The SMILES string of the molecule is CCCCCCCCCCCCCCCCCC(=O)OCC(CCC(=O)C(N)CCC(=O)O)OC(=O)CCCCCCCCCCCCCCCCC. The lowest BCUT2D eigenvalue weighted by atomic mass is 10.0. The quantitative estimate of drug-likeness (QED) is 0.0465. The Bertz CT molecular complexity index is 864. The van der Waals surface area contributed by atoms with Gasteiger partial charge in [-0.15, -0.1) is 0 Å². The largest absolute Gasteiger partial charge is 0.481 e. The Hall–Kier alpha value is -1.96. The number of Topliss-reactive ketones (excluding diaryl/α,β-unsaturated/α-hetero) is 1. The minimum absolute atomic E-state index is 0.0360. The van der Waals surface area contributed by atoms with Gasteiger partial charge < -0.3 is 20.3 Å². The lowest BCUT2D eigenvalue weighted by Crippen LogP contribution is -2.33. The number of ether oxygens (including phenoxy) is 2. The van der Waals surface area contributed by atoms with Crippen LogP contribution in [0.5, 0.6) is 0 Å². The average Bonchev–Trinajstić information content (AvgIpc) is 3.14. The van der Waals surface area contributed by atoms with Crippen LogP contribution in [0.3, 0.4) is 0 Å². The van der Waals surface area contributed by atoms with Crippen molar-refractivity contribution in [2.45, 2.75) is 257 Å². The first-order valence-corrected chi connectivity index (χ1v) is 22.6. The van der Waals surface area contributed by atoms with Gasteiger partial charge in [0.15, 0.2) is 0 Å². The van der Waals surface area contributed by atoms with Crippen molar-refractivity contribution in [1.82, 2.24) is 0 Å². The van der Waals surface area contributed by atoms with E-state index in [1.807, 2.05) is 0 Å². The molecule has 0 rings (SSSR count). The molecular formula is C45H85NO7. The molecule has 0 heterocycles. The number of carbonyl (C=O) groups excluding carboxylic acids is 3. The molecule has 0 spiro atoms. The first-order chi connectivity index (χ1) is 25.8. The Morgan fingerprint density at radius 1 is 0.453 bits per heavy atom. The molecule has 0 amide bonds. The first-order valence-electron chi connectivity index (χ1n) is 22.6. The molecule has 0 aromatic rings. The highest BCUT2D eigenvalue weighted by atomic mass is 16.6. The van der Waals surface area contributed by atoms with Crippen LogP contribution in [0.15, 0.2) is 0 Å². The molecule has 0 saturated heterocycles. The van der Waals surface area contributed by atoms with E-state index in [0.29, 0.717) is 12.8 Å². The van der Waals surface area contributed by atoms with Gasteiger partial charge in [0.2, 0.25) is 0 Å². The van der Waals surface area contributed by atoms with E-state index in [4.69, 9.17) is 20.3 Å². The van der Waals surface area contributed by atoms with Gasteiger partial charge in [-0.2, -0.15) is 0 Å². The summed E-state index contributed by atoms with van der Waals surface area (Å²) in [5, 5.41) is 8.90. The molecule has 0 aliphatic rings. The van der Waals surface area contributed by atoms with Gasteiger partial charge in [-0.25, -0.2) is 0 Å². The molecule has 312 valence electrons. The summed E-state index contributed by atoms with van der Waals surface area (Å²) in [7, 11) is 0. The fourth-order valence-electron chi connectivity index (χ4n) is 6.89. The van der Waals surface area contributed by atoms with E-state index in [0.717, 1.165) is 38.5 Å². The molecule has 0 fully saturated rings. The van der Waals surface area contributed by atoms with Crippen LogP contribution in [-0.4, -0.2) is 47.6 Å². The number of carbonyl (C=O) groups is 4. The molecule has 0 saturated carbocycles. The molecule has 2 atom stereocenters. The predicted octanol–water partition coefficient (Wildman–Crippen LogP) is 12.5. The number of aliphatic carboxylic acids is 1. The summed E-state index contributed by atoms with van der Waals surface area (Å²) in [5.41, 5.74) is 5.89. The second-order valence-electron chi connectivity index (χ2n) is 15.7. The zero-order valence-electron chi connectivity index (χ0n) is 34.8. The van der Waals surface area contributed by atoms with E-state index in [9.17, 15) is 19.2 Å². The molecule has 3 N–H and O–H groups in total. The number of hydrogen-bond donors (Lipinski definition) is 2. The van der Waals surface area contributed by atoms with Gasteiger partial charge in [-0.05, 0) is 25.7 Å². The normalized spacial score (nSPS) is 12.4. The molecule has 0 aliphatic heterocycles. The minimum Gasteiger partial charge on any atom is -0.481 e. The standard InChI is InChI=1S/C45H85NO7/c1-3-5-7-9-11-13-15-17-19-21-23-25-27-29-31-33-44(50)52-39-40(35-37-42(47)41(46)36-38-43(48)49)53-45(51)34-32-30-28-26-24-22-20-18-16-14-12-10-8-6-4-2/h40-41H,3-39,46H2,1-2H3,(H,48,49). The van der Waals surface area contributed by atoms with Crippen molar-refractivity contribution >= 4 is 23.7 Å². The summed E-state index contributed by atoms with van der Waals surface area (Å²) in [4.78, 5) is 48.5. The van der Waals surface area contributed by atoms with E-state index >= 15 is 0 Å². The molecular weight excluding hydrogens is 666 g/mol. The summed E-state index contributed by atoms with van der Waals surface area (Å²) >= 11 is 0. The molecule has 0 aliphatic carbocycles. The maximum absolute atomic E-state index is 12.7. The third kappa shape index (κ3) is 38.1. The summed E-state index contributed by atoms with van der Waals surface area (Å²) in [6.45, 7) is 4.44. The Morgan fingerprint density at radius 3 is 1.15 bits per heavy atom. The van der Waals surface area contributed by atoms with Crippen molar-refractivity contribution in [2.24, 2.45) is 5.73 Å². The van der Waals surface area contributed by atoms with Crippen LogP contribution < -0.4 is 5.73 Å². The number of hydrogen-bond acceptors (Lipinski definition) is 7. The average molecular weight is 752 g/mol. The number of nitrogens with two attached hydrogens (primary N) is 1. The van der Waals surface area contributed by atoms with Crippen LogP contribution in [0.25, 0.3) is 0 Å². The molecule has 0 aromatic heterocycles. The zero-order valence-corrected chi connectivity index (χ0v) is 34.8. The van der Waals surface area contributed by atoms with Crippen molar-refractivity contribution in [3.05, 3.63) is 0 Å². The molecule has 0 bridgehead atoms. The van der Waals surface area contributed by atoms with Crippen molar-refractivity contribution in [3.63, 3.8) is 0 Å². The highest BCUT2D eigenvalue weighted by Crippen LogP contribution is 2.17. The van der Waals surface area contributed by atoms with Crippen LogP contribution in [0.1, 0.15) is 245 Å². The van der Waals surface area contributed by atoms with Crippen molar-refractivity contribution in [3.8, 4) is 0 Å². The van der Waals surface area contributed by atoms with Crippen LogP contribution in [0.2, 0.25) is 0 Å². The number of ketones is 1. The van der Waals surface area contributed by atoms with Gasteiger partial charge in [0.1, 0.15) is 18.5 Å². The maximum Gasteiger partial charge on any atom is 0.306 e. The second-order valence-corrected chi connectivity index (χ2v) is 15.7. The van der Waals surface area contributed by atoms with E-state index in [2.05, 4.69) is 13.8 Å². The van der Waals surface area contributed by atoms with Crippen LogP contribution in [-0.2, 0) is 28.7 Å². The highest BCUT2D eigenvalue weighted by Gasteiger charge is 2.21. The highest BCUT2D eigenvalue weighted by molar-refractivity contribution is 5.84. The van der Waals surface area contributed by atoms with Gasteiger partial charge in [-0.1, -0.05) is 194 Å². The van der Waals surface area contributed by atoms with Gasteiger partial charge >= 0.3 is 17.9 Å². The smallest absolute Gasteiger partial charge is 0.306 e. The Labute approximate surface area is 326 Å². The number of carboxylic acids is 1. The molecule has 0 radical (unpaired) electrons. The van der Waals surface area contributed by atoms with Crippen LogP contribution in [0.4, 0.5) is 0 Å². The Morgan fingerprint density at radius 2 is 0.792 bits per heavy atom. The molecule has 8 heteroatoms. The number of esters is 2. The lowest BCUT2D eigenvalue weighted by Gasteiger charge is -2.19. The van der Waals surface area contributed by atoms with E-state index < -0.39 is 18.1 Å². The lowest BCUT2D eigenvalue weighted by molar-refractivity contribution is -0.160. The van der Waals surface area contributed by atoms with E-state index in [1.165, 1.54) is 154 Å². The van der Waals surface area contributed by atoms with E-state index in [-0.39, 0.29) is 50.0 Å². The number of unbranched alkanes of at least 4 members (excludes halogenated alkanes) is 28. The van der Waals surface area contributed by atoms with E-state index in [1.54, 1.807) is 0 Å². The van der Waals surface area contributed by atoms with Gasteiger partial charge in [0.25, 0.3) is 0 Å².